The van der Waals surface area contributed by atoms with E-state index in [1.165, 1.54) is 24.3 Å². The maximum Gasteiger partial charge on any atom is 0.182 e. The second-order valence-electron chi connectivity index (χ2n) is 4.51. The topological polar surface area (TPSA) is 39.2 Å². The zero-order valence-electron chi connectivity index (χ0n) is 9.84. The molecular weight excluding hydrogens is 224 g/mol. The van der Waals surface area contributed by atoms with Gasteiger partial charge in [0.25, 0.3) is 0 Å². The third-order valence-corrected chi connectivity index (χ3v) is 3.10. The molecule has 2 aromatic rings. The lowest BCUT2D eigenvalue weighted by molar-refractivity contribution is 0.0827. The Balaban J connectivity index is 2.56. The molecule has 0 saturated carbocycles. The second kappa shape index (κ2) is 4.11. The molecule has 0 fully saturated rings. The van der Waals surface area contributed by atoms with Crippen LogP contribution in [0, 0.1) is 11.7 Å². The Morgan fingerprint density at radius 2 is 2.06 bits per heavy atom. The van der Waals surface area contributed by atoms with E-state index in [1.807, 2.05) is 0 Å². The molecule has 17 heavy (non-hydrogen) atoms. The molecule has 1 atom stereocenters. The minimum absolute atomic E-state index is 0.160. The van der Waals surface area contributed by atoms with Crippen LogP contribution in [0.2, 0.25) is 0 Å². The van der Waals surface area contributed by atoms with Gasteiger partial charge in [-0.3, -0.25) is 0 Å². The Morgan fingerprint density at radius 1 is 1.35 bits per heavy atom. The summed E-state index contributed by atoms with van der Waals surface area (Å²) in [5.74, 6) is -0.514. The fourth-order valence-electron chi connectivity index (χ4n) is 1.84. The van der Waals surface area contributed by atoms with Gasteiger partial charge in [-0.15, -0.1) is 0 Å². The molecule has 0 amide bonds. The summed E-state index contributed by atoms with van der Waals surface area (Å²) in [6, 6.07) is 5.61. The van der Waals surface area contributed by atoms with Crippen molar-refractivity contribution < 1.29 is 13.2 Å². The summed E-state index contributed by atoms with van der Waals surface area (Å²) in [5.41, 5.74) is 4.24. The highest BCUT2D eigenvalue weighted by Crippen LogP contribution is 2.36. The molecule has 1 heterocycles. The number of furan rings is 1. The van der Waals surface area contributed by atoms with E-state index in [0.29, 0.717) is 11.0 Å². The number of halogens is 2. The van der Waals surface area contributed by atoms with E-state index in [4.69, 9.17) is 10.2 Å². The smallest absolute Gasteiger partial charge is 0.182 e. The third-order valence-electron chi connectivity index (χ3n) is 3.10. The number of alkyl halides is 1. The van der Waals surface area contributed by atoms with Crippen molar-refractivity contribution in [3.05, 3.63) is 35.8 Å². The summed E-state index contributed by atoms with van der Waals surface area (Å²) < 4.78 is 33.0. The molecule has 1 aromatic carbocycles. The van der Waals surface area contributed by atoms with Crippen LogP contribution in [0.25, 0.3) is 11.0 Å². The lowest BCUT2D eigenvalue weighted by atomic mass is 9.90. The number of rotatable bonds is 3. The fourth-order valence-corrected chi connectivity index (χ4v) is 1.84. The number of benzene rings is 1. The van der Waals surface area contributed by atoms with Crippen LogP contribution < -0.4 is 5.73 Å². The average Bonchev–Trinajstić information content (AvgIpc) is 2.70. The van der Waals surface area contributed by atoms with Gasteiger partial charge >= 0.3 is 0 Å². The molecule has 0 bridgehead atoms. The molecule has 0 aliphatic rings. The van der Waals surface area contributed by atoms with Crippen molar-refractivity contribution in [3.8, 4) is 0 Å². The molecule has 2 nitrogen and oxygen atoms in total. The van der Waals surface area contributed by atoms with E-state index in [-0.39, 0.29) is 24.0 Å². The number of hydrogen-bond donors (Lipinski definition) is 1. The van der Waals surface area contributed by atoms with E-state index < -0.39 is 5.67 Å². The van der Waals surface area contributed by atoms with Crippen LogP contribution in [0.5, 0.6) is 0 Å². The Morgan fingerprint density at radius 3 is 2.65 bits per heavy atom. The molecule has 1 unspecified atom stereocenters. The summed E-state index contributed by atoms with van der Waals surface area (Å²) >= 11 is 0. The molecule has 2 N–H and O–H groups in total. The van der Waals surface area contributed by atoms with Crippen LogP contribution in [0.15, 0.2) is 28.7 Å². The SMILES string of the molecule is CC(C)C(F)(CN)c1cc2cc(F)ccc2o1. The van der Waals surface area contributed by atoms with Crippen molar-refractivity contribution in [1.82, 2.24) is 0 Å². The van der Waals surface area contributed by atoms with Gasteiger partial charge in [0.1, 0.15) is 17.2 Å². The molecule has 0 aliphatic heterocycles. The Labute approximate surface area is 98.4 Å². The minimum Gasteiger partial charge on any atom is -0.458 e. The molecule has 4 heteroatoms. The molecule has 0 aliphatic carbocycles. The summed E-state index contributed by atoms with van der Waals surface area (Å²) in [5, 5.41) is 0.552. The molecule has 0 saturated heterocycles. The van der Waals surface area contributed by atoms with Crippen molar-refractivity contribution in [2.45, 2.75) is 19.5 Å². The first-order valence-corrected chi connectivity index (χ1v) is 5.56. The predicted molar refractivity (Wildman–Crippen MR) is 62.9 cm³/mol. The largest absolute Gasteiger partial charge is 0.458 e. The van der Waals surface area contributed by atoms with Gasteiger partial charge in [-0.1, -0.05) is 13.8 Å². The van der Waals surface area contributed by atoms with E-state index in [2.05, 4.69) is 0 Å². The van der Waals surface area contributed by atoms with Crippen LogP contribution >= 0.6 is 0 Å². The Bertz CT molecular complexity index is 535. The fraction of sp³-hybridized carbons (Fsp3) is 0.385. The highest BCUT2D eigenvalue weighted by atomic mass is 19.1. The lowest BCUT2D eigenvalue weighted by Crippen LogP contribution is -2.35. The van der Waals surface area contributed by atoms with Gasteiger partial charge in [0.2, 0.25) is 0 Å². The highest BCUT2D eigenvalue weighted by Gasteiger charge is 2.37. The first-order valence-electron chi connectivity index (χ1n) is 5.56. The van der Waals surface area contributed by atoms with Gasteiger partial charge in [0.15, 0.2) is 5.67 Å². The maximum atomic E-state index is 14.6. The normalized spacial score (nSPS) is 15.4. The van der Waals surface area contributed by atoms with Crippen LogP contribution in [0.3, 0.4) is 0 Å². The van der Waals surface area contributed by atoms with Crippen LogP contribution in [-0.2, 0) is 5.67 Å². The zero-order chi connectivity index (χ0) is 12.6. The van der Waals surface area contributed by atoms with Gasteiger partial charge in [0.05, 0.1) is 0 Å². The summed E-state index contributed by atoms with van der Waals surface area (Å²) in [4.78, 5) is 0. The van der Waals surface area contributed by atoms with Crippen molar-refractivity contribution in [3.63, 3.8) is 0 Å². The van der Waals surface area contributed by atoms with Crippen LogP contribution in [-0.4, -0.2) is 6.54 Å². The summed E-state index contributed by atoms with van der Waals surface area (Å²) in [6.07, 6.45) is 0. The molecule has 2 rings (SSSR count). The standard InChI is InChI=1S/C13H15F2NO/c1-8(2)13(15,7-16)12-6-9-5-10(14)3-4-11(9)17-12/h3-6,8H,7,16H2,1-2H3. The zero-order valence-corrected chi connectivity index (χ0v) is 9.84. The molecule has 0 spiro atoms. The minimum atomic E-state index is -1.71. The average molecular weight is 239 g/mol. The quantitative estimate of drug-likeness (QED) is 0.892. The van der Waals surface area contributed by atoms with Gasteiger partial charge in [0, 0.05) is 11.9 Å². The molecule has 0 radical (unpaired) electrons. The van der Waals surface area contributed by atoms with Crippen molar-refractivity contribution in [1.29, 1.82) is 0 Å². The molecule has 1 aromatic heterocycles. The van der Waals surface area contributed by atoms with Gasteiger partial charge < -0.3 is 10.2 Å². The summed E-state index contributed by atoms with van der Waals surface area (Å²) in [6.45, 7) is 3.31. The highest BCUT2D eigenvalue weighted by molar-refractivity contribution is 5.78. The lowest BCUT2D eigenvalue weighted by Gasteiger charge is -2.25. The van der Waals surface area contributed by atoms with Gasteiger partial charge in [-0.05, 0) is 30.2 Å². The third kappa shape index (κ3) is 1.93. The van der Waals surface area contributed by atoms with Gasteiger partial charge in [-0.2, -0.15) is 0 Å². The van der Waals surface area contributed by atoms with Crippen LogP contribution in [0.1, 0.15) is 19.6 Å². The number of fused-ring (bicyclic) bond motifs is 1. The van der Waals surface area contributed by atoms with E-state index >= 15 is 0 Å². The predicted octanol–water partition coefficient (Wildman–Crippen LogP) is 3.35. The number of nitrogens with two attached hydrogens (primary N) is 1. The van der Waals surface area contributed by atoms with E-state index in [1.54, 1.807) is 13.8 Å². The van der Waals surface area contributed by atoms with Gasteiger partial charge in [-0.25, -0.2) is 8.78 Å². The first-order chi connectivity index (χ1) is 7.97. The monoisotopic (exact) mass is 239 g/mol. The molecule has 92 valence electrons. The number of hydrogen-bond acceptors (Lipinski definition) is 2. The van der Waals surface area contributed by atoms with Crippen molar-refractivity contribution >= 4 is 11.0 Å². The van der Waals surface area contributed by atoms with Crippen molar-refractivity contribution in [2.75, 3.05) is 6.54 Å². The first kappa shape index (κ1) is 12.0. The van der Waals surface area contributed by atoms with Crippen molar-refractivity contribution in [2.24, 2.45) is 11.7 Å². The Kier molecular flexibility index (Phi) is 2.91. The van der Waals surface area contributed by atoms with Crippen LogP contribution in [0.4, 0.5) is 8.78 Å². The van der Waals surface area contributed by atoms with E-state index in [0.717, 1.165) is 0 Å². The molecular formula is C13H15F2NO. The summed E-state index contributed by atoms with van der Waals surface area (Å²) in [7, 11) is 0. The second-order valence-corrected chi connectivity index (χ2v) is 4.51. The maximum absolute atomic E-state index is 14.6. The van der Waals surface area contributed by atoms with E-state index in [9.17, 15) is 8.78 Å². The Hall–Kier alpha value is -1.42.